The first-order chi connectivity index (χ1) is 9.92. The van der Waals surface area contributed by atoms with Crippen LogP contribution in [0.15, 0.2) is 24.3 Å². The van der Waals surface area contributed by atoms with Crippen LogP contribution < -0.4 is 10.6 Å². The summed E-state index contributed by atoms with van der Waals surface area (Å²) in [5.41, 5.74) is 0.920. The fourth-order valence-corrected chi connectivity index (χ4v) is 1.85. The summed E-state index contributed by atoms with van der Waals surface area (Å²) in [4.78, 5) is 22.3. The fraction of sp³-hybridized carbons (Fsp3) is 0.429. The smallest absolute Gasteiger partial charge is 0.315 e. The third-order valence-corrected chi connectivity index (χ3v) is 3.20. The van der Waals surface area contributed by atoms with E-state index in [-0.39, 0.29) is 25.0 Å². The average Bonchev–Trinajstić information content (AvgIpc) is 2.43. The van der Waals surface area contributed by atoms with Gasteiger partial charge in [-0.05, 0) is 24.6 Å². The van der Waals surface area contributed by atoms with E-state index >= 15 is 0 Å². The summed E-state index contributed by atoms with van der Waals surface area (Å²) in [5, 5.41) is 14.6. The van der Waals surface area contributed by atoms with Crippen molar-refractivity contribution in [2.24, 2.45) is 0 Å². The topological polar surface area (TPSA) is 87.7 Å². The number of rotatable bonds is 7. The molecule has 116 valence electrons. The number of aliphatic carboxylic acids is 1. The van der Waals surface area contributed by atoms with E-state index in [4.69, 9.17) is 21.4 Å². The lowest BCUT2D eigenvalue weighted by Crippen LogP contribution is -2.41. The summed E-state index contributed by atoms with van der Waals surface area (Å²) in [6, 6.07) is 6.58. The Labute approximate surface area is 128 Å². The quantitative estimate of drug-likeness (QED) is 0.720. The molecular weight excluding hydrogens is 296 g/mol. The Balaban J connectivity index is 2.42. The molecule has 6 nitrogen and oxygen atoms in total. The van der Waals surface area contributed by atoms with E-state index in [1.165, 1.54) is 7.11 Å². The minimum Gasteiger partial charge on any atom is -0.481 e. The van der Waals surface area contributed by atoms with Gasteiger partial charge in [-0.15, -0.1) is 0 Å². The molecule has 1 rings (SSSR count). The number of carboxylic acid groups (broad SMARTS) is 1. The first-order valence-corrected chi connectivity index (χ1v) is 6.84. The van der Waals surface area contributed by atoms with Crippen molar-refractivity contribution in [2.75, 3.05) is 13.7 Å². The fourth-order valence-electron chi connectivity index (χ4n) is 1.72. The molecule has 0 saturated carbocycles. The van der Waals surface area contributed by atoms with Gasteiger partial charge in [-0.1, -0.05) is 23.7 Å². The molecule has 2 unspecified atom stereocenters. The number of halogens is 1. The van der Waals surface area contributed by atoms with Gasteiger partial charge in [0.05, 0.1) is 18.6 Å². The van der Waals surface area contributed by atoms with Crippen molar-refractivity contribution in [1.29, 1.82) is 0 Å². The molecule has 2 amide bonds. The first-order valence-electron chi connectivity index (χ1n) is 6.46. The molecule has 7 heteroatoms. The van der Waals surface area contributed by atoms with E-state index in [9.17, 15) is 9.59 Å². The maximum absolute atomic E-state index is 11.7. The lowest BCUT2D eigenvalue weighted by molar-refractivity contribution is -0.139. The lowest BCUT2D eigenvalue weighted by Gasteiger charge is -2.17. The monoisotopic (exact) mass is 314 g/mol. The highest BCUT2D eigenvalue weighted by Crippen LogP contribution is 2.15. The van der Waals surface area contributed by atoms with Gasteiger partial charge in [0.1, 0.15) is 0 Å². The maximum atomic E-state index is 11.7. The number of carboxylic acids is 1. The summed E-state index contributed by atoms with van der Waals surface area (Å²) in [6.07, 6.45) is -0.720. The SMILES string of the molecule is COC(CNC(=O)NC(C)c1ccc(Cl)cc1)CC(=O)O. The van der Waals surface area contributed by atoms with E-state index in [0.29, 0.717) is 5.02 Å². The van der Waals surface area contributed by atoms with Crippen LogP contribution in [0.25, 0.3) is 0 Å². The molecule has 0 fully saturated rings. The average molecular weight is 315 g/mol. The predicted molar refractivity (Wildman–Crippen MR) is 79.5 cm³/mol. The number of hydrogen-bond acceptors (Lipinski definition) is 3. The zero-order valence-electron chi connectivity index (χ0n) is 11.9. The second kappa shape index (κ2) is 8.49. The van der Waals surface area contributed by atoms with Crippen LogP contribution in [0.1, 0.15) is 24.9 Å². The molecule has 0 saturated heterocycles. The van der Waals surface area contributed by atoms with Crippen LogP contribution in [-0.2, 0) is 9.53 Å². The summed E-state index contributed by atoms with van der Waals surface area (Å²) in [5.74, 6) is -0.974. The van der Waals surface area contributed by atoms with Gasteiger partial charge in [-0.3, -0.25) is 4.79 Å². The molecule has 0 spiro atoms. The number of carbonyl (C=O) groups excluding carboxylic acids is 1. The van der Waals surface area contributed by atoms with Gasteiger partial charge < -0.3 is 20.5 Å². The Morgan fingerprint density at radius 3 is 2.48 bits per heavy atom. The number of methoxy groups -OCH3 is 1. The number of ether oxygens (including phenoxy) is 1. The van der Waals surface area contributed by atoms with Crippen LogP contribution >= 0.6 is 11.6 Å². The van der Waals surface area contributed by atoms with Crippen molar-refractivity contribution >= 4 is 23.6 Å². The molecule has 0 aliphatic rings. The number of nitrogens with one attached hydrogen (secondary N) is 2. The highest BCUT2D eigenvalue weighted by molar-refractivity contribution is 6.30. The Kier molecular flexibility index (Phi) is 6.98. The van der Waals surface area contributed by atoms with Crippen molar-refractivity contribution in [3.63, 3.8) is 0 Å². The van der Waals surface area contributed by atoms with Crippen LogP contribution in [0, 0.1) is 0 Å². The molecule has 0 aromatic heterocycles. The second-order valence-corrected chi connectivity index (χ2v) is 5.02. The normalized spacial score (nSPS) is 13.3. The van der Waals surface area contributed by atoms with Gasteiger partial charge in [0.2, 0.25) is 0 Å². The van der Waals surface area contributed by atoms with E-state index in [2.05, 4.69) is 10.6 Å². The number of amides is 2. The van der Waals surface area contributed by atoms with Gasteiger partial charge in [-0.25, -0.2) is 4.79 Å². The molecule has 0 radical (unpaired) electrons. The van der Waals surface area contributed by atoms with E-state index in [0.717, 1.165) is 5.56 Å². The Hall–Kier alpha value is -1.79. The second-order valence-electron chi connectivity index (χ2n) is 4.58. The zero-order chi connectivity index (χ0) is 15.8. The molecule has 0 aliphatic heterocycles. The Bertz CT molecular complexity index is 478. The lowest BCUT2D eigenvalue weighted by atomic mass is 10.1. The van der Waals surface area contributed by atoms with Crippen molar-refractivity contribution in [3.05, 3.63) is 34.9 Å². The van der Waals surface area contributed by atoms with Crippen LogP contribution in [0.2, 0.25) is 5.02 Å². The summed E-state index contributed by atoms with van der Waals surface area (Å²) < 4.78 is 4.98. The van der Waals surface area contributed by atoms with E-state index < -0.39 is 12.1 Å². The number of carbonyl (C=O) groups is 2. The van der Waals surface area contributed by atoms with Gasteiger partial charge in [-0.2, -0.15) is 0 Å². The molecule has 1 aromatic carbocycles. The third-order valence-electron chi connectivity index (χ3n) is 2.94. The Morgan fingerprint density at radius 2 is 1.95 bits per heavy atom. The molecule has 21 heavy (non-hydrogen) atoms. The largest absolute Gasteiger partial charge is 0.481 e. The molecule has 2 atom stereocenters. The molecule has 3 N–H and O–H groups in total. The third kappa shape index (κ3) is 6.46. The zero-order valence-corrected chi connectivity index (χ0v) is 12.7. The van der Waals surface area contributed by atoms with Crippen molar-refractivity contribution in [1.82, 2.24) is 10.6 Å². The highest BCUT2D eigenvalue weighted by atomic mass is 35.5. The highest BCUT2D eigenvalue weighted by Gasteiger charge is 2.14. The van der Waals surface area contributed by atoms with Crippen molar-refractivity contribution in [2.45, 2.75) is 25.5 Å². The minimum atomic E-state index is -0.974. The minimum absolute atomic E-state index is 0.127. The first kappa shape index (κ1) is 17.3. The van der Waals surface area contributed by atoms with Gasteiger partial charge >= 0.3 is 12.0 Å². The molecule has 0 aliphatic carbocycles. The van der Waals surface area contributed by atoms with Crippen LogP contribution in [0.3, 0.4) is 0 Å². The predicted octanol–water partition coefficient (Wildman–Crippen LogP) is 2.19. The summed E-state index contributed by atoms with van der Waals surface area (Å²) in [7, 11) is 1.41. The number of hydrogen-bond donors (Lipinski definition) is 3. The maximum Gasteiger partial charge on any atom is 0.315 e. The van der Waals surface area contributed by atoms with E-state index in [1.807, 2.05) is 19.1 Å². The van der Waals surface area contributed by atoms with Crippen molar-refractivity contribution < 1.29 is 19.4 Å². The van der Waals surface area contributed by atoms with Crippen LogP contribution in [0.4, 0.5) is 4.79 Å². The van der Waals surface area contributed by atoms with Gasteiger partial charge in [0.25, 0.3) is 0 Å². The standard InChI is InChI=1S/C14H19ClN2O4/c1-9(10-3-5-11(15)6-4-10)17-14(20)16-8-12(21-2)7-13(18)19/h3-6,9,12H,7-8H2,1-2H3,(H,18,19)(H2,16,17,20). The van der Waals surface area contributed by atoms with E-state index in [1.54, 1.807) is 12.1 Å². The molecule has 0 heterocycles. The number of benzene rings is 1. The summed E-state index contributed by atoms with van der Waals surface area (Å²) >= 11 is 5.80. The summed E-state index contributed by atoms with van der Waals surface area (Å²) in [6.45, 7) is 1.97. The van der Waals surface area contributed by atoms with Gasteiger partial charge in [0, 0.05) is 18.7 Å². The van der Waals surface area contributed by atoms with Crippen molar-refractivity contribution in [3.8, 4) is 0 Å². The van der Waals surface area contributed by atoms with Gasteiger partial charge in [0.15, 0.2) is 0 Å². The molecule has 1 aromatic rings. The van der Waals surface area contributed by atoms with Crippen LogP contribution in [-0.4, -0.2) is 36.9 Å². The number of urea groups is 1. The Morgan fingerprint density at radius 1 is 1.33 bits per heavy atom. The molecular formula is C14H19ClN2O4. The van der Waals surface area contributed by atoms with Crippen LogP contribution in [0.5, 0.6) is 0 Å². The molecule has 0 bridgehead atoms.